The molecule has 0 aliphatic carbocycles. The van der Waals surface area contributed by atoms with Gasteiger partial charge in [-0.05, 0) is 12.1 Å². The third kappa shape index (κ3) is 3.33. The Hall–Kier alpha value is -2.63. The molecule has 0 spiro atoms. The zero-order valence-corrected chi connectivity index (χ0v) is 12.5. The van der Waals surface area contributed by atoms with Gasteiger partial charge in [0.25, 0.3) is 0 Å². The van der Waals surface area contributed by atoms with Crippen LogP contribution in [-0.4, -0.2) is 47.5 Å². The number of ether oxygens (including phenoxy) is 1. The van der Waals surface area contributed by atoms with Crippen LogP contribution in [0.1, 0.15) is 6.42 Å². The van der Waals surface area contributed by atoms with Gasteiger partial charge in [0.2, 0.25) is 17.7 Å². The molecule has 1 aliphatic rings. The first-order valence-electron chi connectivity index (χ1n) is 7.27. The smallest absolute Gasteiger partial charge is 0.228 e. The summed E-state index contributed by atoms with van der Waals surface area (Å²) in [4.78, 5) is 24.2. The molecule has 6 heteroatoms. The molecule has 0 N–H and O–H groups in total. The summed E-state index contributed by atoms with van der Waals surface area (Å²) in [6.07, 6.45) is 2.15. The summed E-state index contributed by atoms with van der Waals surface area (Å²) in [6.45, 7) is 2.01. The van der Waals surface area contributed by atoms with E-state index in [0.717, 1.165) is 12.3 Å². The van der Waals surface area contributed by atoms with Crippen molar-refractivity contribution in [2.45, 2.75) is 6.42 Å². The monoisotopic (exact) mass is 298 g/mol. The zero-order chi connectivity index (χ0) is 15.4. The van der Waals surface area contributed by atoms with Crippen LogP contribution in [0, 0.1) is 0 Å². The van der Waals surface area contributed by atoms with E-state index in [1.54, 1.807) is 17.2 Å². The molecule has 1 amide bonds. The third-order valence-corrected chi connectivity index (χ3v) is 3.59. The van der Waals surface area contributed by atoms with Gasteiger partial charge in [0, 0.05) is 45.4 Å². The van der Waals surface area contributed by atoms with Gasteiger partial charge in [-0.15, -0.1) is 0 Å². The summed E-state index contributed by atoms with van der Waals surface area (Å²) < 4.78 is 5.73. The topological polar surface area (TPSA) is 58.6 Å². The number of hydrogen-bond acceptors (Lipinski definition) is 5. The molecule has 0 unspecified atom stereocenters. The van der Waals surface area contributed by atoms with E-state index < -0.39 is 0 Å². The molecule has 1 aromatic carbocycles. The first kappa shape index (κ1) is 14.3. The van der Waals surface area contributed by atoms with Crippen LogP contribution in [0.3, 0.4) is 0 Å². The highest BCUT2D eigenvalue weighted by molar-refractivity contribution is 5.77. The van der Waals surface area contributed by atoms with Crippen molar-refractivity contribution in [3.63, 3.8) is 0 Å². The second kappa shape index (κ2) is 6.43. The van der Waals surface area contributed by atoms with Crippen LogP contribution in [0.5, 0.6) is 11.6 Å². The van der Waals surface area contributed by atoms with Crippen molar-refractivity contribution in [1.82, 2.24) is 14.9 Å². The van der Waals surface area contributed by atoms with E-state index in [9.17, 15) is 4.79 Å². The fraction of sp³-hybridized carbons (Fsp3) is 0.312. The Morgan fingerprint density at radius 3 is 2.73 bits per heavy atom. The lowest BCUT2D eigenvalue weighted by molar-refractivity contribution is -0.129. The van der Waals surface area contributed by atoms with Gasteiger partial charge >= 0.3 is 0 Å². The highest BCUT2D eigenvalue weighted by atomic mass is 16.5. The van der Waals surface area contributed by atoms with Crippen molar-refractivity contribution in [3.8, 4) is 11.6 Å². The van der Waals surface area contributed by atoms with Crippen molar-refractivity contribution in [3.05, 3.63) is 42.6 Å². The predicted octanol–water partition coefficient (Wildman–Crippen LogP) is 1.94. The zero-order valence-electron chi connectivity index (χ0n) is 12.5. The number of aromatic nitrogens is 2. The molecule has 0 saturated carbocycles. The molecule has 2 aromatic rings. The minimum absolute atomic E-state index is 0.152. The standard InChI is InChI=1S/C16H18N4O2/c1-19-11-12-20(10-8-15(19)21)16-17-9-7-14(18-16)22-13-5-3-2-4-6-13/h2-7,9H,8,10-12H2,1H3. The number of nitrogens with zero attached hydrogens (tertiary/aromatic N) is 4. The summed E-state index contributed by atoms with van der Waals surface area (Å²) in [6, 6.07) is 11.2. The van der Waals surface area contributed by atoms with Crippen molar-refractivity contribution in [2.75, 3.05) is 31.6 Å². The molecule has 114 valence electrons. The molecule has 6 nitrogen and oxygen atoms in total. The van der Waals surface area contributed by atoms with Crippen LogP contribution >= 0.6 is 0 Å². The molecule has 2 heterocycles. The van der Waals surface area contributed by atoms with Gasteiger partial charge in [-0.1, -0.05) is 18.2 Å². The number of rotatable bonds is 3. The lowest BCUT2D eigenvalue weighted by Crippen LogP contribution is -2.30. The molecular formula is C16H18N4O2. The maximum absolute atomic E-state index is 11.7. The molecule has 0 atom stereocenters. The summed E-state index contributed by atoms with van der Waals surface area (Å²) in [5, 5.41) is 0. The average Bonchev–Trinajstić information content (AvgIpc) is 2.71. The molecule has 22 heavy (non-hydrogen) atoms. The summed E-state index contributed by atoms with van der Waals surface area (Å²) in [5.74, 6) is 1.98. The molecule has 1 aliphatic heterocycles. The van der Waals surface area contributed by atoms with Crippen molar-refractivity contribution in [1.29, 1.82) is 0 Å². The average molecular weight is 298 g/mol. The van der Waals surface area contributed by atoms with E-state index in [-0.39, 0.29) is 5.91 Å². The molecular weight excluding hydrogens is 280 g/mol. The lowest BCUT2D eigenvalue weighted by atomic mass is 10.3. The quantitative estimate of drug-likeness (QED) is 0.866. The highest BCUT2D eigenvalue weighted by Gasteiger charge is 2.19. The van der Waals surface area contributed by atoms with E-state index in [1.807, 2.05) is 42.3 Å². The maximum atomic E-state index is 11.7. The fourth-order valence-corrected chi connectivity index (χ4v) is 2.28. The number of anilines is 1. The molecule has 3 rings (SSSR count). The summed E-state index contributed by atoms with van der Waals surface area (Å²) in [7, 11) is 1.82. The Balaban J connectivity index is 1.75. The largest absolute Gasteiger partial charge is 0.439 e. The van der Waals surface area contributed by atoms with Gasteiger partial charge < -0.3 is 14.5 Å². The van der Waals surface area contributed by atoms with E-state index >= 15 is 0 Å². The molecule has 1 aromatic heterocycles. The Kier molecular flexibility index (Phi) is 4.18. The van der Waals surface area contributed by atoms with Crippen LogP contribution < -0.4 is 9.64 Å². The Morgan fingerprint density at radius 1 is 1.09 bits per heavy atom. The van der Waals surface area contributed by atoms with Crippen LogP contribution in [0.2, 0.25) is 0 Å². The molecule has 0 radical (unpaired) electrons. The molecule has 0 bridgehead atoms. The second-order valence-corrected chi connectivity index (χ2v) is 5.16. The van der Waals surface area contributed by atoms with Crippen LogP contribution in [0.4, 0.5) is 5.95 Å². The predicted molar refractivity (Wildman–Crippen MR) is 83.0 cm³/mol. The lowest BCUT2D eigenvalue weighted by Gasteiger charge is -2.20. The number of amides is 1. The minimum Gasteiger partial charge on any atom is -0.439 e. The van der Waals surface area contributed by atoms with E-state index in [4.69, 9.17) is 4.74 Å². The SMILES string of the molecule is CN1CCN(c2nccc(Oc3ccccc3)n2)CCC1=O. The van der Waals surface area contributed by atoms with Crippen molar-refractivity contribution in [2.24, 2.45) is 0 Å². The molecule has 1 fully saturated rings. The number of carbonyl (C=O) groups is 1. The first-order valence-corrected chi connectivity index (χ1v) is 7.27. The van der Waals surface area contributed by atoms with Crippen LogP contribution in [-0.2, 0) is 4.79 Å². The number of likely N-dealkylation sites (N-methyl/N-ethyl adjacent to an activating group) is 1. The van der Waals surface area contributed by atoms with Crippen molar-refractivity contribution < 1.29 is 9.53 Å². The maximum Gasteiger partial charge on any atom is 0.228 e. The minimum atomic E-state index is 0.152. The van der Waals surface area contributed by atoms with Crippen LogP contribution in [0.15, 0.2) is 42.6 Å². The van der Waals surface area contributed by atoms with Gasteiger partial charge in [0.15, 0.2) is 0 Å². The Bertz CT molecular complexity index is 648. The first-order chi connectivity index (χ1) is 10.7. The van der Waals surface area contributed by atoms with Gasteiger partial charge in [-0.2, -0.15) is 4.98 Å². The summed E-state index contributed by atoms with van der Waals surface area (Å²) in [5.41, 5.74) is 0. The van der Waals surface area contributed by atoms with Crippen LogP contribution in [0.25, 0.3) is 0 Å². The number of hydrogen-bond donors (Lipinski definition) is 0. The van der Waals surface area contributed by atoms with Gasteiger partial charge in [-0.25, -0.2) is 4.98 Å². The number of benzene rings is 1. The normalized spacial score (nSPS) is 15.6. The van der Waals surface area contributed by atoms with E-state index in [0.29, 0.717) is 31.3 Å². The van der Waals surface area contributed by atoms with E-state index in [1.165, 1.54) is 0 Å². The fourth-order valence-electron chi connectivity index (χ4n) is 2.28. The van der Waals surface area contributed by atoms with E-state index in [2.05, 4.69) is 9.97 Å². The van der Waals surface area contributed by atoms with Gasteiger partial charge in [-0.3, -0.25) is 4.79 Å². The van der Waals surface area contributed by atoms with Crippen molar-refractivity contribution >= 4 is 11.9 Å². The van der Waals surface area contributed by atoms with Gasteiger partial charge in [0.05, 0.1) is 0 Å². The Labute approximate surface area is 129 Å². The highest BCUT2D eigenvalue weighted by Crippen LogP contribution is 2.20. The Morgan fingerprint density at radius 2 is 1.91 bits per heavy atom. The number of carbonyl (C=O) groups excluding carboxylic acids is 1. The van der Waals surface area contributed by atoms with Gasteiger partial charge in [0.1, 0.15) is 5.75 Å². The number of para-hydroxylation sites is 1. The second-order valence-electron chi connectivity index (χ2n) is 5.16. The summed E-state index contributed by atoms with van der Waals surface area (Å²) >= 11 is 0. The third-order valence-electron chi connectivity index (χ3n) is 3.59. The molecule has 1 saturated heterocycles.